The first kappa shape index (κ1) is 18.3. The van der Waals surface area contributed by atoms with E-state index in [-0.39, 0.29) is 18.2 Å². The molecule has 0 saturated carbocycles. The maximum absolute atomic E-state index is 13.5. The van der Waals surface area contributed by atoms with Crippen molar-refractivity contribution >= 4 is 23.5 Å². The summed E-state index contributed by atoms with van der Waals surface area (Å²) in [4.78, 5) is 39.4. The van der Waals surface area contributed by atoms with Crippen LogP contribution in [0.5, 0.6) is 0 Å². The Morgan fingerprint density at radius 3 is 2.68 bits per heavy atom. The van der Waals surface area contributed by atoms with E-state index < -0.39 is 11.7 Å². The van der Waals surface area contributed by atoms with Crippen LogP contribution < -0.4 is 9.80 Å². The van der Waals surface area contributed by atoms with Crippen molar-refractivity contribution in [1.82, 2.24) is 14.9 Å². The average Bonchev–Trinajstić information content (AvgIpc) is 2.94. The van der Waals surface area contributed by atoms with Crippen molar-refractivity contribution in [2.75, 3.05) is 42.5 Å². The van der Waals surface area contributed by atoms with E-state index in [9.17, 15) is 14.0 Å². The predicted molar refractivity (Wildman–Crippen MR) is 102 cm³/mol. The fourth-order valence-corrected chi connectivity index (χ4v) is 3.82. The Labute approximate surface area is 162 Å². The largest absolute Gasteiger partial charge is 0.341 e. The Balaban J connectivity index is 1.40. The topological polar surface area (TPSA) is 69.6 Å². The number of amides is 2. The van der Waals surface area contributed by atoms with E-state index in [2.05, 4.69) is 14.9 Å². The molecular formula is C20H22FN5O2. The van der Waals surface area contributed by atoms with Gasteiger partial charge in [-0.3, -0.25) is 9.59 Å². The van der Waals surface area contributed by atoms with Gasteiger partial charge in [-0.2, -0.15) is 0 Å². The van der Waals surface area contributed by atoms with Gasteiger partial charge < -0.3 is 14.7 Å². The lowest BCUT2D eigenvalue weighted by atomic mass is 10.1. The van der Waals surface area contributed by atoms with Gasteiger partial charge in [-0.05, 0) is 30.7 Å². The van der Waals surface area contributed by atoms with Gasteiger partial charge in [0, 0.05) is 57.2 Å². The zero-order valence-electron chi connectivity index (χ0n) is 15.5. The van der Waals surface area contributed by atoms with Crippen molar-refractivity contribution in [3.63, 3.8) is 0 Å². The summed E-state index contributed by atoms with van der Waals surface area (Å²) in [5, 5.41) is 0. The summed E-state index contributed by atoms with van der Waals surface area (Å²) in [6.45, 7) is 2.95. The summed E-state index contributed by atoms with van der Waals surface area (Å²) in [7, 11) is 0. The lowest BCUT2D eigenvalue weighted by molar-refractivity contribution is -0.135. The number of carbonyl (C=O) groups is 2. The molecule has 28 heavy (non-hydrogen) atoms. The number of benzene rings is 1. The maximum atomic E-state index is 13.5. The number of aromatic nitrogens is 2. The van der Waals surface area contributed by atoms with Gasteiger partial charge >= 0.3 is 0 Å². The Hall–Kier alpha value is -3.03. The molecule has 2 aliphatic heterocycles. The lowest BCUT2D eigenvalue weighted by Gasteiger charge is -2.24. The van der Waals surface area contributed by atoms with Gasteiger partial charge in [-0.15, -0.1) is 0 Å². The Kier molecular flexibility index (Phi) is 5.18. The summed E-state index contributed by atoms with van der Waals surface area (Å²) >= 11 is 0. The number of anilines is 2. The molecule has 2 saturated heterocycles. The van der Waals surface area contributed by atoms with Gasteiger partial charge in [-0.25, -0.2) is 14.4 Å². The molecule has 0 spiro atoms. The molecule has 7 nitrogen and oxygen atoms in total. The molecule has 2 amide bonds. The van der Waals surface area contributed by atoms with Crippen LogP contribution in [0, 0.1) is 11.7 Å². The van der Waals surface area contributed by atoms with Crippen LogP contribution in [0.1, 0.15) is 12.8 Å². The lowest BCUT2D eigenvalue weighted by Crippen LogP contribution is -2.40. The van der Waals surface area contributed by atoms with Gasteiger partial charge in [0.15, 0.2) is 0 Å². The first-order valence-electron chi connectivity index (χ1n) is 9.48. The molecule has 8 heteroatoms. The molecular weight excluding hydrogens is 361 g/mol. The van der Waals surface area contributed by atoms with E-state index in [1.807, 2.05) is 4.90 Å². The second kappa shape index (κ2) is 7.92. The number of hydrogen-bond acceptors (Lipinski definition) is 5. The van der Waals surface area contributed by atoms with Crippen molar-refractivity contribution in [3.05, 3.63) is 48.5 Å². The summed E-state index contributed by atoms with van der Waals surface area (Å²) in [5.41, 5.74) is 0.503. The molecule has 146 valence electrons. The molecule has 1 aromatic heterocycles. The van der Waals surface area contributed by atoms with Crippen LogP contribution in [0.3, 0.4) is 0 Å². The predicted octanol–water partition coefficient (Wildman–Crippen LogP) is 1.71. The molecule has 1 atom stereocenters. The number of halogens is 1. The van der Waals surface area contributed by atoms with Crippen LogP contribution in [0.15, 0.2) is 42.7 Å². The minimum Gasteiger partial charge on any atom is -0.341 e. The highest BCUT2D eigenvalue weighted by Crippen LogP contribution is 2.27. The van der Waals surface area contributed by atoms with Gasteiger partial charge in [0.1, 0.15) is 5.82 Å². The van der Waals surface area contributed by atoms with E-state index >= 15 is 0 Å². The smallest absolute Gasteiger partial charge is 0.228 e. The monoisotopic (exact) mass is 383 g/mol. The molecule has 2 aromatic rings. The van der Waals surface area contributed by atoms with E-state index in [0.29, 0.717) is 37.8 Å². The van der Waals surface area contributed by atoms with Crippen LogP contribution >= 0.6 is 0 Å². The first-order valence-corrected chi connectivity index (χ1v) is 9.48. The van der Waals surface area contributed by atoms with Crippen LogP contribution in [0.4, 0.5) is 16.0 Å². The second-order valence-electron chi connectivity index (χ2n) is 7.10. The minimum atomic E-state index is -0.393. The summed E-state index contributed by atoms with van der Waals surface area (Å²) < 4.78 is 13.5. The van der Waals surface area contributed by atoms with Crippen molar-refractivity contribution in [2.45, 2.75) is 12.8 Å². The number of nitrogens with zero attached hydrogens (tertiary/aromatic N) is 5. The fraction of sp³-hybridized carbons (Fsp3) is 0.400. The molecule has 2 aliphatic rings. The van der Waals surface area contributed by atoms with Crippen molar-refractivity contribution < 1.29 is 14.0 Å². The molecule has 0 aliphatic carbocycles. The zero-order valence-corrected chi connectivity index (χ0v) is 15.5. The van der Waals surface area contributed by atoms with Crippen LogP contribution in [0.2, 0.25) is 0 Å². The Bertz CT molecular complexity index is 863. The van der Waals surface area contributed by atoms with Crippen LogP contribution in [0.25, 0.3) is 0 Å². The van der Waals surface area contributed by atoms with Gasteiger partial charge in [0.2, 0.25) is 17.8 Å². The third-order valence-electron chi connectivity index (χ3n) is 5.24. The Morgan fingerprint density at radius 2 is 1.89 bits per heavy atom. The van der Waals surface area contributed by atoms with E-state index in [1.165, 1.54) is 17.0 Å². The van der Waals surface area contributed by atoms with Crippen molar-refractivity contribution in [2.24, 2.45) is 5.92 Å². The average molecular weight is 383 g/mol. The van der Waals surface area contributed by atoms with E-state index in [4.69, 9.17) is 0 Å². The quantitative estimate of drug-likeness (QED) is 0.807. The number of hydrogen-bond donors (Lipinski definition) is 0. The molecule has 1 unspecified atom stereocenters. The third kappa shape index (κ3) is 3.81. The molecule has 0 N–H and O–H groups in total. The van der Waals surface area contributed by atoms with Gasteiger partial charge in [0.05, 0.1) is 5.92 Å². The molecule has 1 aromatic carbocycles. The number of rotatable bonds is 3. The number of carbonyl (C=O) groups excluding carboxylic acids is 2. The van der Waals surface area contributed by atoms with Crippen LogP contribution in [-0.2, 0) is 9.59 Å². The van der Waals surface area contributed by atoms with Crippen molar-refractivity contribution in [1.29, 1.82) is 0 Å². The maximum Gasteiger partial charge on any atom is 0.228 e. The summed E-state index contributed by atoms with van der Waals surface area (Å²) in [6.07, 6.45) is 4.40. The SMILES string of the molecule is O=C(C1CC(=O)N(c2cccc(F)c2)C1)N1CCCN(c2ncccn2)CC1. The first-order chi connectivity index (χ1) is 13.6. The Morgan fingerprint density at radius 1 is 1.07 bits per heavy atom. The van der Waals surface area contributed by atoms with E-state index in [1.54, 1.807) is 30.6 Å². The normalized spacial score (nSPS) is 20.4. The van der Waals surface area contributed by atoms with Gasteiger partial charge in [-0.1, -0.05) is 6.07 Å². The third-order valence-corrected chi connectivity index (χ3v) is 5.24. The summed E-state index contributed by atoms with van der Waals surface area (Å²) in [6, 6.07) is 7.71. The molecule has 3 heterocycles. The fourth-order valence-electron chi connectivity index (χ4n) is 3.82. The minimum absolute atomic E-state index is 0.0110. The molecule has 4 rings (SSSR count). The van der Waals surface area contributed by atoms with Crippen molar-refractivity contribution in [3.8, 4) is 0 Å². The molecule has 0 bridgehead atoms. The highest BCUT2D eigenvalue weighted by Gasteiger charge is 2.37. The summed E-state index contributed by atoms with van der Waals surface area (Å²) in [5.74, 6) is -0.266. The second-order valence-corrected chi connectivity index (χ2v) is 7.10. The van der Waals surface area contributed by atoms with Gasteiger partial charge in [0.25, 0.3) is 0 Å². The highest BCUT2D eigenvalue weighted by atomic mass is 19.1. The highest BCUT2D eigenvalue weighted by molar-refractivity contribution is 6.00. The standard InChI is InChI=1S/C20H22FN5O2/c21-16-4-1-5-17(13-16)26-14-15(12-18(26)27)19(28)24-8-3-9-25(11-10-24)20-22-6-2-7-23-20/h1-2,4-7,13,15H,3,8-12,14H2. The molecule has 2 fully saturated rings. The molecule has 0 radical (unpaired) electrons. The van der Waals surface area contributed by atoms with E-state index in [0.717, 1.165) is 13.0 Å². The zero-order chi connectivity index (χ0) is 19.5. The van der Waals surface area contributed by atoms with Crippen LogP contribution in [-0.4, -0.2) is 59.4 Å².